The van der Waals surface area contributed by atoms with E-state index in [1.807, 2.05) is 0 Å². The van der Waals surface area contributed by atoms with Gasteiger partial charge < -0.3 is 44.8 Å². The van der Waals surface area contributed by atoms with Crippen LogP contribution in [0.3, 0.4) is 0 Å². The molecule has 0 amide bonds. The van der Waals surface area contributed by atoms with Gasteiger partial charge in [0, 0.05) is 29.7 Å². The topological polar surface area (TPSA) is 166 Å². The van der Waals surface area contributed by atoms with Crippen LogP contribution in [-0.4, -0.2) is 80.0 Å². The Balaban J connectivity index is 1.62. The lowest BCUT2D eigenvalue weighted by molar-refractivity contribution is -0.277. The number of aliphatic hydroxyl groups is 4. The van der Waals surface area contributed by atoms with Crippen LogP contribution in [0.5, 0.6) is 17.2 Å². The molecule has 0 radical (unpaired) electrons. The number of cyclic esters (lactones) is 1. The molecule has 0 spiro atoms. The maximum Gasteiger partial charge on any atom is 0.331 e. The molecule has 0 bridgehead atoms. The van der Waals surface area contributed by atoms with Gasteiger partial charge in [0.25, 0.3) is 0 Å². The predicted octanol–water partition coefficient (Wildman–Crippen LogP) is -0.172. The van der Waals surface area contributed by atoms with Gasteiger partial charge in [-0.25, -0.2) is 4.79 Å². The SMILES string of the molecule is O=C1C=C(c2ccc(O)cc2O[C@H]2O[C@@H](CO)[C@@H](O)[C@@H](O)[C@H]2O)[C@@H](Cc2ccc(O)cc2)O1. The highest BCUT2D eigenvalue weighted by molar-refractivity contribution is 5.98. The molecular weight excluding hydrogens is 436 g/mol. The molecule has 2 heterocycles. The van der Waals surface area contributed by atoms with Crippen molar-refractivity contribution < 1.29 is 49.6 Å². The molecule has 176 valence electrons. The van der Waals surface area contributed by atoms with Crippen LogP contribution in [0.25, 0.3) is 5.57 Å². The van der Waals surface area contributed by atoms with Crippen molar-refractivity contribution in [1.82, 2.24) is 0 Å². The number of benzene rings is 2. The third-order valence-corrected chi connectivity index (χ3v) is 5.60. The van der Waals surface area contributed by atoms with Crippen LogP contribution < -0.4 is 4.74 Å². The number of carbonyl (C=O) groups is 1. The molecule has 2 aliphatic rings. The highest BCUT2D eigenvalue weighted by atomic mass is 16.7. The molecule has 6 N–H and O–H groups in total. The molecule has 10 nitrogen and oxygen atoms in total. The lowest BCUT2D eigenvalue weighted by Gasteiger charge is -2.39. The van der Waals surface area contributed by atoms with E-state index in [0.29, 0.717) is 17.6 Å². The molecule has 1 fully saturated rings. The molecule has 0 aromatic heterocycles. The van der Waals surface area contributed by atoms with Gasteiger partial charge in [-0.1, -0.05) is 12.1 Å². The lowest BCUT2D eigenvalue weighted by Crippen LogP contribution is -2.60. The average molecular weight is 460 g/mol. The summed E-state index contributed by atoms with van der Waals surface area (Å²) < 4.78 is 16.6. The first-order chi connectivity index (χ1) is 15.8. The summed E-state index contributed by atoms with van der Waals surface area (Å²) in [6.07, 6.45) is -6.59. The number of phenolic OH excluding ortho intramolecular Hbond substituents is 2. The Kier molecular flexibility index (Phi) is 6.54. The summed E-state index contributed by atoms with van der Waals surface area (Å²) in [6, 6.07) is 10.6. The van der Waals surface area contributed by atoms with Crippen molar-refractivity contribution in [3.8, 4) is 17.2 Å². The molecule has 6 atom stereocenters. The number of esters is 1. The summed E-state index contributed by atoms with van der Waals surface area (Å²) in [6.45, 7) is -0.625. The van der Waals surface area contributed by atoms with Gasteiger partial charge in [0.1, 0.15) is 47.8 Å². The Morgan fingerprint density at radius 2 is 1.61 bits per heavy atom. The van der Waals surface area contributed by atoms with E-state index in [1.54, 1.807) is 12.1 Å². The number of hydrogen-bond acceptors (Lipinski definition) is 10. The predicted molar refractivity (Wildman–Crippen MR) is 112 cm³/mol. The van der Waals surface area contributed by atoms with Crippen LogP contribution in [0.15, 0.2) is 48.5 Å². The summed E-state index contributed by atoms with van der Waals surface area (Å²) in [4.78, 5) is 12.1. The van der Waals surface area contributed by atoms with Gasteiger partial charge in [-0.2, -0.15) is 0 Å². The normalized spacial score (nSPS) is 29.5. The Morgan fingerprint density at radius 1 is 0.909 bits per heavy atom. The van der Waals surface area contributed by atoms with Crippen molar-refractivity contribution >= 4 is 11.5 Å². The molecule has 1 saturated heterocycles. The van der Waals surface area contributed by atoms with Crippen molar-refractivity contribution in [2.75, 3.05) is 6.61 Å². The van der Waals surface area contributed by atoms with Crippen LogP contribution in [0.1, 0.15) is 11.1 Å². The van der Waals surface area contributed by atoms with Gasteiger partial charge in [0.05, 0.1) is 6.61 Å². The molecule has 2 aromatic carbocycles. The van der Waals surface area contributed by atoms with Gasteiger partial charge in [0.15, 0.2) is 0 Å². The molecule has 2 aromatic rings. The summed E-state index contributed by atoms with van der Waals surface area (Å²) in [5.41, 5.74) is 1.63. The first kappa shape index (κ1) is 23.0. The third kappa shape index (κ3) is 4.80. The van der Waals surface area contributed by atoms with Crippen molar-refractivity contribution in [3.63, 3.8) is 0 Å². The van der Waals surface area contributed by atoms with Gasteiger partial charge in [-0.3, -0.25) is 0 Å². The maximum atomic E-state index is 12.1. The molecule has 4 rings (SSSR count). The van der Waals surface area contributed by atoms with Gasteiger partial charge >= 0.3 is 5.97 Å². The number of ether oxygens (including phenoxy) is 3. The average Bonchev–Trinajstić information content (AvgIpc) is 3.15. The maximum absolute atomic E-state index is 12.1. The molecule has 0 aliphatic carbocycles. The van der Waals surface area contributed by atoms with Crippen molar-refractivity contribution in [3.05, 3.63) is 59.7 Å². The quantitative estimate of drug-likeness (QED) is 0.319. The van der Waals surface area contributed by atoms with Crippen LogP contribution >= 0.6 is 0 Å². The monoisotopic (exact) mass is 460 g/mol. The van der Waals surface area contributed by atoms with E-state index < -0.39 is 49.4 Å². The van der Waals surface area contributed by atoms with E-state index in [-0.39, 0.29) is 17.2 Å². The number of phenols is 2. The zero-order chi connectivity index (χ0) is 23.7. The molecule has 10 heteroatoms. The van der Waals surface area contributed by atoms with Crippen LogP contribution in [0, 0.1) is 0 Å². The van der Waals surface area contributed by atoms with Crippen LogP contribution in [-0.2, 0) is 20.7 Å². The summed E-state index contributed by atoms with van der Waals surface area (Å²) in [5, 5.41) is 59.2. The molecule has 0 unspecified atom stereocenters. The summed E-state index contributed by atoms with van der Waals surface area (Å²) in [7, 11) is 0. The second kappa shape index (κ2) is 9.38. The molecular formula is C23H24O10. The van der Waals surface area contributed by atoms with E-state index in [0.717, 1.165) is 5.56 Å². The first-order valence-electron chi connectivity index (χ1n) is 10.3. The second-order valence-corrected chi connectivity index (χ2v) is 7.89. The zero-order valence-corrected chi connectivity index (χ0v) is 17.3. The minimum atomic E-state index is -1.65. The molecule has 0 saturated carbocycles. The van der Waals surface area contributed by atoms with Gasteiger partial charge in [0.2, 0.25) is 6.29 Å². The largest absolute Gasteiger partial charge is 0.508 e. The van der Waals surface area contributed by atoms with Gasteiger partial charge in [-0.05, 0) is 29.8 Å². The van der Waals surface area contributed by atoms with E-state index in [9.17, 15) is 35.4 Å². The fourth-order valence-electron chi connectivity index (χ4n) is 3.84. The van der Waals surface area contributed by atoms with Crippen LogP contribution in [0.2, 0.25) is 0 Å². The van der Waals surface area contributed by atoms with Gasteiger partial charge in [-0.15, -0.1) is 0 Å². The minimum absolute atomic E-state index is 0.0274. The van der Waals surface area contributed by atoms with E-state index in [2.05, 4.69) is 0 Å². The molecule has 2 aliphatic heterocycles. The highest BCUT2D eigenvalue weighted by Gasteiger charge is 2.45. The minimum Gasteiger partial charge on any atom is -0.508 e. The number of hydrogen-bond donors (Lipinski definition) is 6. The Morgan fingerprint density at radius 3 is 2.30 bits per heavy atom. The Hall–Kier alpha value is -3.15. The highest BCUT2D eigenvalue weighted by Crippen LogP contribution is 2.38. The standard InChI is InChI=1S/C23H24O10/c24-10-18-20(28)21(29)22(30)23(33-18)32-17-8-13(26)5-6-14(17)15-9-19(27)31-16(15)7-11-1-3-12(25)4-2-11/h1-6,8-9,16,18,20-26,28-30H,7,10H2/t16-,18+,20-,21-,22-,23+/m1/s1. The fraction of sp³-hybridized carbons (Fsp3) is 0.348. The Labute approximate surface area is 188 Å². The summed E-state index contributed by atoms with van der Waals surface area (Å²) >= 11 is 0. The van der Waals surface area contributed by atoms with Crippen molar-refractivity contribution in [2.45, 2.75) is 43.2 Å². The third-order valence-electron chi connectivity index (χ3n) is 5.60. The zero-order valence-electron chi connectivity index (χ0n) is 17.3. The van der Waals surface area contributed by atoms with E-state index in [1.165, 1.54) is 36.4 Å². The number of aromatic hydroxyl groups is 2. The number of rotatable bonds is 6. The van der Waals surface area contributed by atoms with E-state index >= 15 is 0 Å². The van der Waals surface area contributed by atoms with Crippen molar-refractivity contribution in [1.29, 1.82) is 0 Å². The van der Waals surface area contributed by atoms with Crippen LogP contribution in [0.4, 0.5) is 0 Å². The number of aliphatic hydroxyl groups excluding tert-OH is 4. The van der Waals surface area contributed by atoms with Crippen molar-refractivity contribution in [2.24, 2.45) is 0 Å². The van der Waals surface area contributed by atoms with E-state index in [4.69, 9.17) is 14.2 Å². The second-order valence-electron chi connectivity index (χ2n) is 7.89. The smallest absolute Gasteiger partial charge is 0.331 e. The first-order valence-corrected chi connectivity index (χ1v) is 10.3. The summed E-state index contributed by atoms with van der Waals surface area (Å²) in [5.74, 6) is -0.605. The number of carbonyl (C=O) groups excluding carboxylic acids is 1. The lowest BCUT2D eigenvalue weighted by atomic mass is 9.95. The Bertz CT molecular complexity index is 1030. The fourth-order valence-corrected chi connectivity index (χ4v) is 3.84. The molecule has 33 heavy (non-hydrogen) atoms.